The van der Waals surface area contributed by atoms with E-state index in [9.17, 15) is 17.6 Å². The molecule has 1 aliphatic heterocycles. The molecule has 0 radical (unpaired) electrons. The third-order valence-corrected chi connectivity index (χ3v) is 6.34. The summed E-state index contributed by atoms with van der Waals surface area (Å²) in [7, 11) is -3.72. The number of aryl methyl sites for hydroxylation is 1. The number of hydrogen-bond acceptors (Lipinski definition) is 5. The van der Waals surface area contributed by atoms with Gasteiger partial charge in [0.1, 0.15) is 12.4 Å². The number of sulfonamides is 1. The van der Waals surface area contributed by atoms with Crippen LogP contribution in [0.4, 0.5) is 4.39 Å². The van der Waals surface area contributed by atoms with Gasteiger partial charge in [0.15, 0.2) is 0 Å². The lowest BCUT2D eigenvalue weighted by molar-refractivity contribution is 0.0472. The Hall–Kier alpha value is -2.29. The molecule has 0 unspecified atom stereocenters. The van der Waals surface area contributed by atoms with Crippen LogP contribution in [-0.2, 0) is 26.1 Å². The second kappa shape index (κ2) is 8.16. The van der Waals surface area contributed by atoms with Crippen molar-refractivity contribution in [3.05, 3.63) is 65.0 Å². The molecule has 27 heavy (non-hydrogen) atoms. The van der Waals surface area contributed by atoms with Crippen molar-refractivity contribution < 1.29 is 27.1 Å². The lowest BCUT2D eigenvalue weighted by atomic mass is 10.1. The molecule has 1 heterocycles. The van der Waals surface area contributed by atoms with Gasteiger partial charge in [0.05, 0.1) is 23.7 Å². The first-order valence-corrected chi connectivity index (χ1v) is 9.92. The number of benzene rings is 2. The first-order chi connectivity index (χ1) is 12.9. The van der Waals surface area contributed by atoms with Crippen LogP contribution in [-0.4, -0.2) is 45.0 Å². The fourth-order valence-corrected chi connectivity index (χ4v) is 4.40. The number of carbonyl (C=O) groups excluding carboxylic acids is 1. The minimum Gasteiger partial charge on any atom is -0.457 e. The monoisotopic (exact) mass is 393 g/mol. The van der Waals surface area contributed by atoms with Gasteiger partial charge >= 0.3 is 5.97 Å². The highest BCUT2D eigenvalue weighted by Gasteiger charge is 2.28. The third-order valence-electron chi connectivity index (χ3n) is 4.29. The maximum absolute atomic E-state index is 12.9. The van der Waals surface area contributed by atoms with Crippen molar-refractivity contribution in [2.24, 2.45) is 0 Å². The standard InChI is InChI=1S/C19H20FNO5S/c1-14-2-5-16(19(22)26-13-15-3-6-17(20)7-4-15)12-18(14)27(23,24)21-8-10-25-11-9-21/h2-7,12H,8-11,13H2,1H3. The molecular formula is C19H20FNO5S. The predicted molar refractivity (Wildman–Crippen MR) is 96.3 cm³/mol. The van der Waals surface area contributed by atoms with Gasteiger partial charge in [-0.1, -0.05) is 18.2 Å². The summed E-state index contributed by atoms with van der Waals surface area (Å²) in [6.45, 7) is 2.90. The van der Waals surface area contributed by atoms with Crippen molar-refractivity contribution in [1.29, 1.82) is 0 Å². The Morgan fingerprint density at radius 3 is 2.48 bits per heavy atom. The van der Waals surface area contributed by atoms with Crippen LogP contribution in [0.3, 0.4) is 0 Å². The van der Waals surface area contributed by atoms with Crippen molar-refractivity contribution in [3.8, 4) is 0 Å². The molecule has 0 amide bonds. The molecule has 6 nitrogen and oxygen atoms in total. The first kappa shape index (κ1) is 19.5. The Morgan fingerprint density at radius 1 is 1.15 bits per heavy atom. The summed E-state index contributed by atoms with van der Waals surface area (Å²) in [6.07, 6.45) is 0. The molecule has 0 N–H and O–H groups in total. The van der Waals surface area contributed by atoms with Crippen LogP contribution in [0.25, 0.3) is 0 Å². The van der Waals surface area contributed by atoms with Crippen LogP contribution < -0.4 is 0 Å². The van der Waals surface area contributed by atoms with E-state index < -0.39 is 16.0 Å². The Balaban J connectivity index is 1.77. The number of esters is 1. The minimum atomic E-state index is -3.72. The van der Waals surface area contributed by atoms with Crippen LogP contribution in [0.15, 0.2) is 47.4 Å². The average Bonchev–Trinajstić information content (AvgIpc) is 2.68. The van der Waals surface area contributed by atoms with E-state index in [2.05, 4.69) is 0 Å². The van der Waals surface area contributed by atoms with Gasteiger partial charge in [0, 0.05) is 13.1 Å². The van der Waals surface area contributed by atoms with E-state index in [1.165, 1.54) is 40.7 Å². The van der Waals surface area contributed by atoms with E-state index >= 15 is 0 Å². The number of nitrogens with zero attached hydrogens (tertiary/aromatic N) is 1. The van der Waals surface area contributed by atoms with Crippen molar-refractivity contribution in [3.63, 3.8) is 0 Å². The second-order valence-electron chi connectivity index (χ2n) is 6.20. The molecule has 2 aromatic carbocycles. The third kappa shape index (κ3) is 4.52. The van der Waals surface area contributed by atoms with Gasteiger partial charge in [0.25, 0.3) is 0 Å². The fraction of sp³-hybridized carbons (Fsp3) is 0.316. The summed E-state index contributed by atoms with van der Waals surface area (Å²) >= 11 is 0. The van der Waals surface area contributed by atoms with Crippen LogP contribution in [0.1, 0.15) is 21.5 Å². The second-order valence-corrected chi connectivity index (χ2v) is 8.11. The van der Waals surface area contributed by atoms with Crippen LogP contribution >= 0.6 is 0 Å². The minimum absolute atomic E-state index is 0.0292. The Bertz CT molecular complexity index is 922. The molecule has 144 valence electrons. The average molecular weight is 393 g/mol. The summed E-state index contributed by atoms with van der Waals surface area (Å²) in [5.74, 6) is -1.01. The lowest BCUT2D eigenvalue weighted by Gasteiger charge is -2.26. The Labute approximate surface area is 157 Å². The van der Waals surface area contributed by atoms with E-state index in [1.807, 2.05) is 0 Å². The van der Waals surface area contributed by atoms with Crippen molar-refractivity contribution in [2.75, 3.05) is 26.3 Å². The van der Waals surface area contributed by atoms with Crippen LogP contribution in [0.5, 0.6) is 0 Å². The van der Waals surface area contributed by atoms with Gasteiger partial charge in [-0.25, -0.2) is 17.6 Å². The Morgan fingerprint density at radius 2 is 1.81 bits per heavy atom. The predicted octanol–water partition coefficient (Wildman–Crippen LogP) is 2.51. The lowest BCUT2D eigenvalue weighted by Crippen LogP contribution is -2.40. The molecule has 8 heteroatoms. The zero-order valence-electron chi connectivity index (χ0n) is 14.9. The SMILES string of the molecule is Cc1ccc(C(=O)OCc2ccc(F)cc2)cc1S(=O)(=O)N1CCOCC1. The largest absolute Gasteiger partial charge is 0.457 e. The van der Waals surface area contributed by atoms with Crippen molar-refractivity contribution >= 4 is 16.0 Å². The van der Waals surface area contributed by atoms with Crippen molar-refractivity contribution in [1.82, 2.24) is 4.31 Å². The highest BCUT2D eigenvalue weighted by molar-refractivity contribution is 7.89. The molecule has 0 aromatic heterocycles. The molecule has 1 fully saturated rings. The molecule has 1 saturated heterocycles. The van der Waals surface area contributed by atoms with E-state index in [0.29, 0.717) is 24.3 Å². The molecular weight excluding hydrogens is 373 g/mol. The maximum atomic E-state index is 12.9. The molecule has 0 aliphatic carbocycles. The number of rotatable bonds is 5. The number of carbonyl (C=O) groups is 1. The van der Waals surface area contributed by atoms with Gasteiger partial charge < -0.3 is 9.47 Å². The first-order valence-electron chi connectivity index (χ1n) is 8.48. The van der Waals surface area contributed by atoms with Gasteiger partial charge in [-0.3, -0.25) is 0 Å². The summed E-state index contributed by atoms with van der Waals surface area (Å²) in [6, 6.07) is 10.1. The van der Waals surface area contributed by atoms with Gasteiger partial charge in [-0.2, -0.15) is 4.31 Å². The molecule has 1 aliphatic rings. The number of morpholine rings is 1. The molecule has 0 atom stereocenters. The topological polar surface area (TPSA) is 72.9 Å². The molecule has 0 bridgehead atoms. The zero-order valence-corrected chi connectivity index (χ0v) is 15.7. The van der Waals surface area contributed by atoms with E-state index in [1.54, 1.807) is 13.0 Å². The molecule has 0 spiro atoms. The summed E-state index contributed by atoms with van der Waals surface area (Å²) in [4.78, 5) is 12.4. The fourth-order valence-electron chi connectivity index (χ4n) is 2.74. The molecule has 2 aromatic rings. The number of hydrogen-bond donors (Lipinski definition) is 0. The van der Waals surface area contributed by atoms with Gasteiger partial charge in [-0.05, 0) is 42.3 Å². The quantitative estimate of drug-likeness (QED) is 0.730. The summed E-state index contributed by atoms with van der Waals surface area (Å²) in [5.41, 5.74) is 1.34. The van der Waals surface area contributed by atoms with E-state index in [0.717, 1.165) is 0 Å². The van der Waals surface area contributed by atoms with E-state index in [-0.39, 0.29) is 36.0 Å². The highest BCUT2D eigenvalue weighted by Crippen LogP contribution is 2.23. The van der Waals surface area contributed by atoms with Crippen LogP contribution in [0.2, 0.25) is 0 Å². The number of halogens is 1. The molecule has 3 rings (SSSR count). The normalized spacial score (nSPS) is 15.5. The highest BCUT2D eigenvalue weighted by atomic mass is 32.2. The van der Waals surface area contributed by atoms with E-state index in [4.69, 9.17) is 9.47 Å². The zero-order chi connectivity index (χ0) is 19.4. The van der Waals surface area contributed by atoms with Crippen LogP contribution in [0, 0.1) is 12.7 Å². The number of ether oxygens (including phenoxy) is 2. The molecule has 0 saturated carbocycles. The van der Waals surface area contributed by atoms with Gasteiger partial charge in [0.2, 0.25) is 10.0 Å². The smallest absolute Gasteiger partial charge is 0.338 e. The maximum Gasteiger partial charge on any atom is 0.338 e. The van der Waals surface area contributed by atoms with Gasteiger partial charge in [-0.15, -0.1) is 0 Å². The summed E-state index contributed by atoms with van der Waals surface area (Å²) < 4.78 is 50.4. The Kier molecular flexibility index (Phi) is 5.88. The summed E-state index contributed by atoms with van der Waals surface area (Å²) in [5, 5.41) is 0. The van der Waals surface area contributed by atoms with Crippen molar-refractivity contribution in [2.45, 2.75) is 18.4 Å².